The van der Waals surface area contributed by atoms with E-state index in [-0.39, 0.29) is 0 Å². The molecule has 0 saturated carbocycles. The van der Waals surface area contributed by atoms with E-state index in [0.717, 1.165) is 0 Å². The third-order valence-corrected chi connectivity index (χ3v) is 1.00. The molecule has 0 bridgehead atoms. The molecular formula is C5H10N2O3. The topological polar surface area (TPSA) is 92.4 Å². The fraction of sp³-hybridized carbons (Fsp3) is 0.600. The second-order valence-electron chi connectivity index (χ2n) is 1.97. The monoisotopic (exact) mass is 146 g/mol. The Bertz CT molecular complexity index is 135. The molecule has 0 aromatic heterocycles. The number of carbonyl (C=O) groups excluding carboxylic acids is 1. The van der Waals surface area contributed by atoms with Crippen LogP contribution in [0.4, 0.5) is 4.79 Å². The molecule has 10 heavy (non-hydrogen) atoms. The maximum Gasteiger partial charge on any atom is 0.405 e. The summed E-state index contributed by atoms with van der Waals surface area (Å²) in [5, 5.41) is 10.1. The summed E-state index contributed by atoms with van der Waals surface area (Å²) in [5.74, 6) is 0. The molecule has 0 spiro atoms. The first-order valence-corrected chi connectivity index (χ1v) is 2.78. The number of hydrogen-bond donors (Lipinski definition) is 3. The van der Waals surface area contributed by atoms with Gasteiger partial charge < -0.3 is 21.0 Å². The van der Waals surface area contributed by atoms with Crippen molar-refractivity contribution in [1.29, 1.82) is 0 Å². The summed E-state index contributed by atoms with van der Waals surface area (Å²) in [6.45, 7) is 1.55. The lowest BCUT2D eigenvalue weighted by Crippen LogP contribution is -2.46. The Morgan fingerprint density at radius 2 is 2.30 bits per heavy atom. The molecule has 0 aliphatic carbocycles. The standard InChI is InChI=1S/C5H10N2O3/c1-3(6)4(2-8)7-5(9)10/h2-4,7H,6H2,1H3,(H,9,10). The summed E-state index contributed by atoms with van der Waals surface area (Å²) < 4.78 is 0. The Labute approximate surface area is 58.2 Å². The molecule has 0 radical (unpaired) electrons. The van der Waals surface area contributed by atoms with E-state index in [1.165, 1.54) is 0 Å². The van der Waals surface area contributed by atoms with Gasteiger partial charge in [-0.1, -0.05) is 0 Å². The summed E-state index contributed by atoms with van der Waals surface area (Å²) in [5.41, 5.74) is 5.24. The van der Waals surface area contributed by atoms with Crippen LogP contribution in [0.2, 0.25) is 0 Å². The third-order valence-electron chi connectivity index (χ3n) is 1.00. The highest BCUT2D eigenvalue weighted by Gasteiger charge is 2.13. The average Bonchev–Trinajstić information content (AvgIpc) is 1.81. The number of nitrogens with one attached hydrogen (secondary N) is 1. The summed E-state index contributed by atoms with van der Waals surface area (Å²) >= 11 is 0. The van der Waals surface area contributed by atoms with Crippen LogP contribution in [0.25, 0.3) is 0 Å². The fourth-order valence-corrected chi connectivity index (χ4v) is 0.432. The zero-order valence-electron chi connectivity index (χ0n) is 5.57. The predicted molar refractivity (Wildman–Crippen MR) is 34.7 cm³/mol. The van der Waals surface area contributed by atoms with Gasteiger partial charge in [0.1, 0.15) is 12.3 Å². The molecule has 2 atom stereocenters. The molecule has 0 aliphatic rings. The Balaban J connectivity index is 3.83. The van der Waals surface area contributed by atoms with Crippen molar-refractivity contribution in [1.82, 2.24) is 5.32 Å². The molecule has 58 valence electrons. The van der Waals surface area contributed by atoms with E-state index in [2.05, 4.69) is 0 Å². The number of amides is 1. The lowest BCUT2D eigenvalue weighted by Gasteiger charge is -2.12. The average molecular weight is 146 g/mol. The summed E-state index contributed by atoms with van der Waals surface area (Å²) in [6.07, 6.45) is -0.770. The highest BCUT2D eigenvalue weighted by atomic mass is 16.4. The maximum absolute atomic E-state index is 10.1. The van der Waals surface area contributed by atoms with Crippen LogP contribution in [-0.4, -0.2) is 29.6 Å². The molecule has 0 fully saturated rings. The van der Waals surface area contributed by atoms with Crippen LogP contribution in [0.3, 0.4) is 0 Å². The largest absolute Gasteiger partial charge is 0.465 e. The van der Waals surface area contributed by atoms with Crippen molar-refractivity contribution < 1.29 is 14.7 Å². The molecule has 0 aromatic carbocycles. The van der Waals surface area contributed by atoms with Gasteiger partial charge in [0.2, 0.25) is 0 Å². The van der Waals surface area contributed by atoms with Crippen molar-refractivity contribution in [3.63, 3.8) is 0 Å². The van der Waals surface area contributed by atoms with Gasteiger partial charge >= 0.3 is 6.09 Å². The molecule has 2 unspecified atom stereocenters. The molecular weight excluding hydrogens is 136 g/mol. The molecule has 1 amide bonds. The van der Waals surface area contributed by atoms with Gasteiger partial charge in [0.15, 0.2) is 0 Å². The van der Waals surface area contributed by atoms with Crippen molar-refractivity contribution in [3.05, 3.63) is 0 Å². The second kappa shape index (κ2) is 3.84. The Morgan fingerprint density at radius 1 is 1.80 bits per heavy atom. The Kier molecular flexibility index (Phi) is 3.42. The highest BCUT2D eigenvalue weighted by Crippen LogP contribution is 1.83. The van der Waals surface area contributed by atoms with Crippen molar-refractivity contribution in [2.45, 2.75) is 19.0 Å². The number of hydrogen-bond acceptors (Lipinski definition) is 3. The third kappa shape index (κ3) is 3.03. The van der Waals surface area contributed by atoms with Crippen molar-refractivity contribution in [2.24, 2.45) is 5.73 Å². The lowest BCUT2D eigenvalue weighted by molar-refractivity contribution is -0.109. The molecule has 0 heterocycles. The normalized spacial score (nSPS) is 15.4. The zero-order chi connectivity index (χ0) is 8.15. The van der Waals surface area contributed by atoms with Crippen LogP contribution in [-0.2, 0) is 4.79 Å². The molecule has 0 aromatic rings. The van der Waals surface area contributed by atoms with E-state index in [4.69, 9.17) is 10.8 Å². The van der Waals surface area contributed by atoms with Gasteiger partial charge in [-0.3, -0.25) is 0 Å². The lowest BCUT2D eigenvalue weighted by atomic mass is 10.2. The second-order valence-corrected chi connectivity index (χ2v) is 1.97. The van der Waals surface area contributed by atoms with E-state index < -0.39 is 18.2 Å². The quantitative estimate of drug-likeness (QED) is 0.453. The number of rotatable bonds is 3. The summed E-state index contributed by atoms with van der Waals surface area (Å²) in [6, 6.07) is -1.30. The van der Waals surface area contributed by atoms with Gasteiger partial charge in [0.05, 0.1) is 0 Å². The van der Waals surface area contributed by atoms with Crippen LogP contribution in [0.1, 0.15) is 6.92 Å². The van der Waals surface area contributed by atoms with Crippen molar-refractivity contribution in [3.8, 4) is 0 Å². The van der Waals surface area contributed by atoms with Gasteiger partial charge in [-0.05, 0) is 6.92 Å². The highest BCUT2D eigenvalue weighted by molar-refractivity contribution is 5.71. The van der Waals surface area contributed by atoms with Crippen LogP contribution in [0, 0.1) is 0 Å². The minimum atomic E-state index is -1.24. The first-order chi connectivity index (χ1) is 4.57. The van der Waals surface area contributed by atoms with E-state index in [1.807, 2.05) is 5.32 Å². The number of nitrogens with two attached hydrogens (primary N) is 1. The van der Waals surface area contributed by atoms with Gasteiger partial charge in [-0.15, -0.1) is 0 Å². The minimum absolute atomic E-state index is 0.471. The van der Waals surface area contributed by atoms with Gasteiger partial charge in [-0.25, -0.2) is 4.79 Å². The van der Waals surface area contributed by atoms with E-state index in [1.54, 1.807) is 6.92 Å². The molecule has 4 N–H and O–H groups in total. The first kappa shape index (κ1) is 8.90. The number of aldehydes is 1. The Morgan fingerprint density at radius 3 is 2.40 bits per heavy atom. The molecule has 0 saturated heterocycles. The summed E-state index contributed by atoms with van der Waals surface area (Å²) in [4.78, 5) is 20.0. The molecule has 0 aliphatic heterocycles. The fourth-order valence-electron chi connectivity index (χ4n) is 0.432. The van der Waals surface area contributed by atoms with Crippen molar-refractivity contribution >= 4 is 12.4 Å². The van der Waals surface area contributed by atoms with Crippen LogP contribution in [0.15, 0.2) is 0 Å². The Hall–Kier alpha value is -1.10. The van der Waals surface area contributed by atoms with Crippen LogP contribution < -0.4 is 11.1 Å². The van der Waals surface area contributed by atoms with Crippen LogP contribution >= 0.6 is 0 Å². The zero-order valence-corrected chi connectivity index (χ0v) is 5.57. The first-order valence-electron chi connectivity index (χ1n) is 2.78. The van der Waals surface area contributed by atoms with E-state index >= 15 is 0 Å². The van der Waals surface area contributed by atoms with Gasteiger partial charge in [0, 0.05) is 6.04 Å². The summed E-state index contributed by atoms with van der Waals surface area (Å²) in [7, 11) is 0. The van der Waals surface area contributed by atoms with Gasteiger partial charge in [0.25, 0.3) is 0 Å². The minimum Gasteiger partial charge on any atom is -0.465 e. The predicted octanol–water partition coefficient (Wildman–Crippen LogP) is -0.831. The van der Waals surface area contributed by atoms with Crippen molar-refractivity contribution in [2.75, 3.05) is 0 Å². The number of carbonyl (C=O) groups is 2. The SMILES string of the molecule is CC(N)C(C=O)NC(=O)O. The molecule has 5 heteroatoms. The molecule has 0 rings (SSSR count). The maximum atomic E-state index is 10.1. The van der Waals surface area contributed by atoms with Gasteiger partial charge in [-0.2, -0.15) is 0 Å². The van der Waals surface area contributed by atoms with E-state index in [0.29, 0.717) is 6.29 Å². The molecule has 5 nitrogen and oxygen atoms in total. The van der Waals surface area contributed by atoms with E-state index in [9.17, 15) is 9.59 Å². The van der Waals surface area contributed by atoms with Crippen LogP contribution in [0.5, 0.6) is 0 Å². The smallest absolute Gasteiger partial charge is 0.405 e. The number of carboxylic acid groups (broad SMARTS) is 1.